The van der Waals surface area contributed by atoms with Gasteiger partial charge in [0.15, 0.2) is 0 Å². The van der Waals surface area contributed by atoms with Crippen LogP contribution in [0.25, 0.3) is 49.8 Å². The Bertz CT molecular complexity index is 2880. The molecule has 280 valence electrons. The van der Waals surface area contributed by atoms with Crippen LogP contribution < -0.4 is 9.64 Å². The van der Waals surface area contributed by atoms with Crippen molar-refractivity contribution in [2.75, 3.05) is 4.90 Å². The molecule has 7 aromatic carbocycles. The Morgan fingerprint density at radius 1 is 0.569 bits per heavy atom. The zero-order valence-corrected chi connectivity index (χ0v) is 32.5. The third-order valence-corrected chi connectivity index (χ3v) is 12.6. The van der Waals surface area contributed by atoms with Crippen molar-refractivity contribution in [1.29, 1.82) is 0 Å². The van der Waals surface area contributed by atoms with Crippen LogP contribution in [0.2, 0.25) is 0 Å². The standard InChI is InChI=1S/C55H43NO2/c1-55(33-31-42(32-34-55)39-17-15-38(16-18-39)37-9-3-2-4-10-37)56(45-25-19-40(20-26-45)43-23-29-53-49(35-43)47-11-5-7-13-51(47)57-53)46-27-21-41(22-28-46)44-24-30-54-50(36-44)48-12-6-8-14-52(48)58-54/h2-33,35,44,50,54H,34,36H2,1H3. The van der Waals surface area contributed by atoms with Crippen LogP contribution in [0.5, 0.6) is 5.75 Å². The fourth-order valence-corrected chi connectivity index (χ4v) is 9.48. The summed E-state index contributed by atoms with van der Waals surface area (Å²) in [4.78, 5) is 2.52. The van der Waals surface area contributed by atoms with E-state index in [-0.39, 0.29) is 11.6 Å². The minimum absolute atomic E-state index is 0.130. The van der Waals surface area contributed by atoms with Gasteiger partial charge in [-0.3, -0.25) is 0 Å². The van der Waals surface area contributed by atoms with Crippen LogP contribution in [0.15, 0.2) is 205 Å². The second kappa shape index (κ2) is 14.0. The van der Waals surface area contributed by atoms with Gasteiger partial charge in [-0.25, -0.2) is 0 Å². The highest BCUT2D eigenvalue weighted by molar-refractivity contribution is 6.06. The van der Waals surface area contributed by atoms with Crippen molar-refractivity contribution < 1.29 is 9.15 Å². The summed E-state index contributed by atoms with van der Waals surface area (Å²) in [5.74, 6) is 1.76. The van der Waals surface area contributed by atoms with E-state index < -0.39 is 0 Å². The summed E-state index contributed by atoms with van der Waals surface area (Å²) in [5.41, 5.74) is 13.8. The Hall–Kier alpha value is -6.84. The molecule has 3 heteroatoms. The lowest BCUT2D eigenvalue weighted by Gasteiger charge is -2.42. The van der Waals surface area contributed by atoms with Gasteiger partial charge in [-0.2, -0.15) is 0 Å². The number of nitrogens with zero attached hydrogens (tertiary/aromatic N) is 1. The molecule has 1 aliphatic heterocycles. The van der Waals surface area contributed by atoms with Crippen molar-refractivity contribution in [2.24, 2.45) is 0 Å². The fraction of sp³-hybridized carbons (Fsp3) is 0.127. The summed E-state index contributed by atoms with van der Waals surface area (Å²) in [6.07, 6.45) is 13.8. The van der Waals surface area contributed by atoms with Gasteiger partial charge in [-0.1, -0.05) is 146 Å². The maximum absolute atomic E-state index is 6.29. The molecule has 0 radical (unpaired) electrons. The molecule has 3 nitrogen and oxygen atoms in total. The van der Waals surface area contributed by atoms with E-state index in [0.717, 1.165) is 46.2 Å². The fourth-order valence-electron chi connectivity index (χ4n) is 9.48. The number of para-hydroxylation sites is 2. The molecule has 2 heterocycles. The summed E-state index contributed by atoms with van der Waals surface area (Å²) in [7, 11) is 0. The van der Waals surface area contributed by atoms with E-state index in [1.807, 2.05) is 12.1 Å². The van der Waals surface area contributed by atoms with E-state index in [9.17, 15) is 0 Å². The molecule has 58 heavy (non-hydrogen) atoms. The molecule has 0 amide bonds. The Balaban J connectivity index is 0.910. The third kappa shape index (κ3) is 6.06. The molecule has 0 fully saturated rings. The number of rotatable bonds is 7. The predicted molar refractivity (Wildman–Crippen MR) is 240 cm³/mol. The highest BCUT2D eigenvalue weighted by Crippen LogP contribution is 2.48. The number of furan rings is 1. The van der Waals surface area contributed by atoms with Crippen molar-refractivity contribution in [3.8, 4) is 28.0 Å². The lowest BCUT2D eigenvalue weighted by molar-refractivity contribution is 0.240. The van der Waals surface area contributed by atoms with Gasteiger partial charge in [0.05, 0.1) is 5.54 Å². The van der Waals surface area contributed by atoms with Gasteiger partial charge in [0, 0.05) is 39.5 Å². The normalized spacial score (nSPS) is 20.7. The largest absolute Gasteiger partial charge is 0.485 e. The van der Waals surface area contributed by atoms with Crippen LogP contribution in [0.1, 0.15) is 48.3 Å². The van der Waals surface area contributed by atoms with Gasteiger partial charge in [-0.15, -0.1) is 0 Å². The first-order chi connectivity index (χ1) is 28.6. The molecule has 0 spiro atoms. The smallest absolute Gasteiger partial charge is 0.135 e. The van der Waals surface area contributed by atoms with E-state index in [2.05, 4.69) is 200 Å². The van der Waals surface area contributed by atoms with E-state index >= 15 is 0 Å². The summed E-state index contributed by atoms with van der Waals surface area (Å²) in [5, 5.41) is 2.29. The average molecular weight is 750 g/mol. The molecule has 11 rings (SSSR count). The van der Waals surface area contributed by atoms with Crippen LogP contribution in [0, 0.1) is 0 Å². The van der Waals surface area contributed by atoms with Gasteiger partial charge in [0.25, 0.3) is 0 Å². The molecular formula is C55H43NO2. The monoisotopic (exact) mass is 749 g/mol. The number of benzene rings is 7. The van der Waals surface area contributed by atoms with Gasteiger partial charge < -0.3 is 14.1 Å². The van der Waals surface area contributed by atoms with E-state index in [0.29, 0.717) is 11.8 Å². The number of hydrogen-bond donors (Lipinski definition) is 0. The Morgan fingerprint density at radius 3 is 2.00 bits per heavy atom. The van der Waals surface area contributed by atoms with Crippen molar-refractivity contribution in [3.63, 3.8) is 0 Å². The Kier molecular flexibility index (Phi) is 8.29. The van der Waals surface area contributed by atoms with Crippen molar-refractivity contribution in [2.45, 2.75) is 43.2 Å². The molecule has 3 aliphatic rings. The van der Waals surface area contributed by atoms with Crippen LogP contribution in [-0.2, 0) is 0 Å². The molecule has 8 aromatic rings. The quantitative estimate of drug-likeness (QED) is 0.152. The first-order valence-corrected chi connectivity index (χ1v) is 20.5. The van der Waals surface area contributed by atoms with E-state index in [4.69, 9.17) is 9.15 Å². The predicted octanol–water partition coefficient (Wildman–Crippen LogP) is 14.4. The van der Waals surface area contributed by atoms with Gasteiger partial charge in [0.1, 0.15) is 23.0 Å². The highest BCUT2D eigenvalue weighted by atomic mass is 16.5. The number of ether oxygens (including phenoxy) is 1. The maximum atomic E-state index is 6.29. The van der Waals surface area contributed by atoms with Crippen molar-refractivity contribution in [3.05, 3.63) is 217 Å². The summed E-state index contributed by atoms with van der Waals surface area (Å²) in [6.45, 7) is 2.36. The maximum Gasteiger partial charge on any atom is 0.135 e. The number of anilines is 2. The number of allylic oxidation sites excluding steroid dienone is 3. The van der Waals surface area contributed by atoms with Crippen molar-refractivity contribution in [1.82, 2.24) is 0 Å². The molecule has 1 aromatic heterocycles. The number of fused-ring (bicyclic) bond motifs is 6. The molecule has 0 saturated carbocycles. The van der Waals surface area contributed by atoms with Crippen LogP contribution in [0.3, 0.4) is 0 Å². The summed E-state index contributed by atoms with van der Waals surface area (Å²) < 4.78 is 12.4. The first-order valence-electron chi connectivity index (χ1n) is 20.5. The molecule has 0 bridgehead atoms. The van der Waals surface area contributed by atoms with Gasteiger partial charge in [-0.05, 0) is 113 Å². The van der Waals surface area contributed by atoms with Crippen LogP contribution >= 0.6 is 0 Å². The van der Waals surface area contributed by atoms with E-state index in [1.165, 1.54) is 50.2 Å². The molecule has 4 atom stereocenters. The Morgan fingerprint density at radius 2 is 1.21 bits per heavy atom. The zero-order chi connectivity index (χ0) is 38.6. The Labute approximate surface area is 339 Å². The second-order valence-corrected chi connectivity index (χ2v) is 16.2. The molecule has 0 saturated heterocycles. The average Bonchev–Trinajstić information content (AvgIpc) is 3.85. The molecule has 4 unspecified atom stereocenters. The second-order valence-electron chi connectivity index (χ2n) is 16.2. The zero-order valence-electron chi connectivity index (χ0n) is 32.5. The molecule has 2 aliphatic carbocycles. The first kappa shape index (κ1) is 34.4. The van der Waals surface area contributed by atoms with Gasteiger partial charge >= 0.3 is 0 Å². The molecular weight excluding hydrogens is 707 g/mol. The SMILES string of the molecule is CC1(N(c2ccc(-c3ccc4oc5ccccc5c4c3)cc2)c2ccc(C3C=CC4Oc5ccccc5C4C3)cc2)C=CC(c2ccc(-c3ccccc3)cc2)=CC1. The third-order valence-electron chi connectivity index (χ3n) is 12.6. The topological polar surface area (TPSA) is 25.6 Å². The molecule has 0 N–H and O–H groups in total. The van der Waals surface area contributed by atoms with Crippen LogP contribution in [0.4, 0.5) is 11.4 Å². The minimum atomic E-state index is -0.298. The lowest BCUT2D eigenvalue weighted by Crippen LogP contribution is -2.42. The van der Waals surface area contributed by atoms with Crippen LogP contribution in [-0.4, -0.2) is 11.6 Å². The van der Waals surface area contributed by atoms with Gasteiger partial charge in [0.2, 0.25) is 0 Å². The van der Waals surface area contributed by atoms with Crippen molar-refractivity contribution >= 4 is 38.9 Å². The number of hydrogen-bond acceptors (Lipinski definition) is 3. The minimum Gasteiger partial charge on any atom is -0.485 e. The lowest BCUT2D eigenvalue weighted by atomic mass is 9.79. The summed E-state index contributed by atoms with van der Waals surface area (Å²) in [6, 6.07) is 61.3. The highest BCUT2D eigenvalue weighted by Gasteiger charge is 2.37. The summed E-state index contributed by atoms with van der Waals surface area (Å²) >= 11 is 0. The van der Waals surface area contributed by atoms with E-state index in [1.54, 1.807) is 0 Å².